The molecule has 0 fully saturated rings. The Labute approximate surface area is 143 Å². The lowest BCUT2D eigenvalue weighted by Crippen LogP contribution is -1.88. The molecule has 4 aromatic rings. The van der Waals surface area contributed by atoms with Gasteiger partial charge in [0.25, 0.3) is 5.69 Å². The number of hydrogen-bond acceptors (Lipinski definition) is 7. The number of hydrogen-bond donors (Lipinski definition) is 0. The van der Waals surface area contributed by atoms with Gasteiger partial charge in [-0.15, -0.1) is 21.5 Å². The molecule has 9 heteroatoms. The van der Waals surface area contributed by atoms with Crippen molar-refractivity contribution in [2.45, 2.75) is 0 Å². The molecule has 4 rings (SSSR count). The number of thiophene rings is 1. The van der Waals surface area contributed by atoms with E-state index < -0.39 is 4.92 Å². The standard InChI is InChI=1S/C15H9N5O2S2/c21-20(22)11-6-3-10(4-7-11)5-8-13-18-19-14(12-2-1-9-23-12)16-17-15(19)24-13/h1-9H/b8-5+. The molecule has 1 aromatic carbocycles. The van der Waals surface area contributed by atoms with Crippen molar-refractivity contribution in [1.82, 2.24) is 19.8 Å². The highest BCUT2D eigenvalue weighted by Crippen LogP contribution is 2.25. The minimum atomic E-state index is -0.414. The summed E-state index contributed by atoms with van der Waals surface area (Å²) in [7, 11) is 0. The van der Waals surface area contributed by atoms with Crippen molar-refractivity contribution in [3.8, 4) is 10.7 Å². The SMILES string of the molecule is O=[N+]([O-])c1ccc(/C=C/c2nn3c(-c4cccs4)nnc3s2)cc1. The van der Waals surface area contributed by atoms with E-state index in [1.165, 1.54) is 23.5 Å². The molecular formula is C15H9N5O2S2. The van der Waals surface area contributed by atoms with Gasteiger partial charge in [-0.25, -0.2) is 0 Å². The molecule has 0 aliphatic rings. The summed E-state index contributed by atoms with van der Waals surface area (Å²) in [5.74, 6) is 0.728. The van der Waals surface area contributed by atoms with Gasteiger partial charge in [0, 0.05) is 12.1 Å². The Kier molecular flexibility index (Phi) is 3.63. The van der Waals surface area contributed by atoms with Crippen molar-refractivity contribution >= 4 is 45.5 Å². The lowest BCUT2D eigenvalue weighted by Gasteiger charge is -1.93. The predicted molar refractivity (Wildman–Crippen MR) is 94.0 cm³/mol. The molecule has 118 valence electrons. The fraction of sp³-hybridized carbons (Fsp3) is 0. The highest BCUT2D eigenvalue weighted by molar-refractivity contribution is 7.17. The molecule has 0 saturated carbocycles. The molecule has 0 N–H and O–H groups in total. The number of nitro benzene ring substituents is 1. The third-order valence-corrected chi connectivity index (χ3v) is 5.00. The van der Waals surface area contributed by atoms with Crippen LogP contribution >= 0.6 is 22.7 Å². The van der Waals surface area contributed by atoms with Crippen LogP contribution in [-0.4, -0.2) is 24.7 Å². The third kappa shape index (κ3) is 2.70. The molecule has 24 heavy (non-hydrogen) atoms. The molecule has 3 heterocycles. The second kappa shape index (κ2) is 5.95. The van der Waals surface area contributed by atoms with Crippen LogP contribution in [0.15, 0.2) is 41.8 Å². The summed E-state index contributed by atoms with van der Waals surface area (Å²) in [6, 6.07) is 10.3. The van der Waals surface area contributed by atoms with Crippen molar-refractivity contribution in [1.29, 1.82) is 0 Å². The maximum atomic E-state index is 10.7. The van der Waals surface area contributed by atoms with Crippen LogP contribution in [-0.2, 0) is 0 Å². The zero-order valence-electron chi connectivity index (χ0n) is 12.1. The van der Waals surface area contributed by atoms with Gasteiger partial charge < -0.3 is 0 Å². The zero-order chi connectivity index (χ0) is 16.5. The first-order valence-electron chi connectivity index (χ1n) is 6.89. The minimum Gasteiger partial charge on any atom is -0.258 e. The van der Waals surface area contributed by atoms with E-state index >= 15 is 0 Å². The number of aromatic nitrogens is 4. The van der Waals surface area contributed by atoms with E-state index in [0.29, 0.717) is 0 Å². The number of non-ortho nitro benzene ring substituents is 1. The molecule has 0 spiro atoms. The van der Waals surface area contributed by atoms with Crippen LogP contribution in [0.4, 0.5) is 5.69 Å². The second-order valence-corrected chi connectivity index (χ2v) is 6.75. The summed E-state index contributed by atoms with van der Waals surface area (Å²) in [5.41, 5.74) is 0.941. The third-order valence-electron chi connectivity index (χ3n) is 3.27. The predicted octanol–water partition coefficient (Wildman–Crippen LogP) is 3.99. The normalized spacial score (nSPS) is 11.5. The summed E-state index contributed by atoms with van der Waals surface area (Å²) >= 11 is 3.02. The van der Waals surface area contributed by atoms with Crippen molar-refractivity contribution in [3.05, 3.63) is 62.5 Å². The Bertz CT molecular complexity index is 1030. The van der Waals surface area contributed by atoms with E-state index in [-0.39, 0.29) is 5.69 Å². The van der Waals surface area contributed by atoms with Crippen molar-refractivity contribution in [3.63, 3.8) is 0 Å². The molecule has 0 amide bonds. The summed E-state index contributed by atoms with van der Waals surface area (Å²) in [5, 5.41) is 26.3. The molecule has 0 aliphatic heterocycles. The van der Waals surface area contributed by atoms with Gasteiger partial charge in [0.05, 0.1) is 9.80 Å². The average molecular weight is 355 g/mol. The highest BCUT2D eigenvalue weighted by Gasteiger charge is 2.12. The summed E-state index contributed by atoms with van der Waals surface area (Å²) in [4.78, 5) is 12.0. The smallest absolute Gasteiger partial charge is 0.258 e. The number of nitrogens with zero attached hydrogens (tertiary/aromatic N) is 5. The maximum absolute atomic E-state index is 10.7. The minimum absolute atomic E-state index is 0.0755. The molecule has 0 atom stereocenters. The van der Waals surface area contributed by atoms with Gasteiger partial charge in [-0.3, -0.25) is 10.1 Å². The maximum Gasteiger partial charge on any atom is 0.269 e. The van der Waals surface area contributed by atoms with Crippen LogP contribution in [0.25, 0.3) is 27.8 Å². The molecule has 7 nitrogen and oxygen atoms in total. The first-order chi connectivity index (χ1) is 11.7. The molecule has 0 bridgehead atoms. The van der Waals surface area contributed by atoms with Crippen molar-refractivity contribution in [2.24, 2.45) is 0 Å². The van der Waals surface area contributed by atoms with Gasteiger partial charge in [-0.05, 0) is 35.2 Å². The van der Waals surface area contributed by atoms with Crippen LogP contribution in [0.3, 0.4) is 0 Å². The van der Waals surface area contributed by atoms with Crippen LogP contribution < -0.4 is 0 Å². The Balaban J connectivity index is 1.61. The Morgan fingerprint density at radius 2 is 1.96 bits per heavy atom. The number of nitro groups is 1. The van der Waals surface area contributed by atoms with Gasteiger partial charge in [-0.1, -0.05) is 23.5 Å². The highest BCUT2D eigenvalue weighted by atomic mass is 32.1. The van der Waals surface area contributed by atoms with Gasteiger partial charge in [0.15, 0.2) is 5.82 Å². The molecule has 0 aliphatic carbocycles. The van der Waals surface area contributed by atoms with E-state index in [4.69, 9.17) is 0 Å². The van der Waals surface area contributed by atoms with Crippen LogP contribution in [0.5, 0.6) is 0 Å². The van der Waals surface area contributed by atoms with Crippen LogP contribution in [0.2, 0.25) is 0 Å². The molecule has 0 saturated heterocycles. The van der Waals surface area contributed by atoms with Crippen LogP contribution in [0, 0.1) is 10.1 Å². The monoisotopic (exact) mass is 355 g/mol. The Morgan fingerprint density at radius 1 is 1.12 bits per heavy atom. The summed E-state index contributed by atoms with van der Waals surface area (Å²) < 4.78 is 1.73. The first kappa shape index (κ1) is 14.7. The summed E-state index contributed by atoms with van der Waals surface area (Å²) in [6.07, 6.45) is 3.72. The zero-order valence-corrected chi connectivity index (χ0v) is 13.7. The average Bonchev–Trinajstić information content (AvgIpc) is 3.29. The quantitative estimate of drug-likeness (QED) is 0.408. The Hall–Kier alpha value is -2.91. The molecule has 3 aromatic heterocycles. The number of rotatable bonds is 4. The topological polar surface area (TPSA) is 86.2 Å². The van der Waals surface area contributed by atoms with E-state index in [0.717, 1.165) is 26.2 Å². The van der Waals surface area contributed by atoms with E-state index in [1.54, 1.807) is 28.0 Å². The number of benzene rings is 1. The van der Waals surface area contributed by atoms with Crippen molar-refractivity contribution in [2.75, 3.05) is 0 Å². The van der Waals surface area contributed by atoms with Gasteiger partial charge in [0.1, 0.15) is 5.01 Å². The lowest BCUT2D eigenvalue weighted by molar-refractivity contribution is -0.384. The van der Waals surface area contributed by atoms with Gasteiger partial charge >= 0.3 is 0 Å². The van der Waals surface area contributed by atoms with Gasteiger partial charge in [0.2, 0.25) is 4.96 Å². The molecular weight excluding hydrogens is 346 g/mol. The molecule has 0 unspecified atom stereocenters. The van der Waals surface area contributed by atoms with Crippen LogP contribution in [0.1, 0.15) is 10.6 Å². The second-order valence-electron chi connectivity index (χ2n) is 4.82. The summed E-state index contributed by atoms with van der Waals surface area (Å²) in [6.45, 7) is 0. The fourth-order valence-electron chi connectivity index (χ4n) is 2.13. The lowest BCUT2D eigenvalue weighted by atomic mass is 10.2. The van der Waals surface area contributed by atoms with Crippen molar-refractivity contribution < 1.29 is 4.92 Å². The number of fused-ring (bicyclic) bond motifs is 1. The van der Waals surface area contributed by atoms with E-state index in [2.05, 4.69) is 15.3 Å². The fourth-order valence-corrected chi connectivity index (χ4v) is 3.57. The largest absolute Gasteiger partial charge is 0.269 e. The van der Waals surface area contributed by atoms with E-state index in [1.807, 2.05) is 29.7 Å². The molecule has 0 radical (unpaired) electrons. The Morgan fingerprint density at radius 3 is 2.67 bits per heavy atom. The van der Waals surface area contributed by atoms with E-state index in [9.17, 15) is 10.1 Å². The first-order valence-corrected chi connectivity index (χ1v) is 8.59. The van der Waals surface area contributed by atoms with Gasteiger partial charge in [-0.2, -0.15) is 9.61 Å².